The van der Waals surface area contributed by atoms with Crippen LogP contribution in [-0.2, 0) is 11.3 Å². The van der Waals surface area contributed by atoms with Gasteiger partial charge in [0.2, 0.25) is 5.91 Å². The summed E-state index contributed by atoms with van der Waals surface area (Å²) in [6, 6.07) is 17.8. The Morgan fingerprint density at radius 1 is 1.00 bits per heavy atom. The number of nitrogens with one attached hydrogen (secondary N) is 1. The molecule has 8 nitrogen and oxygen atoms in total. The van der Waals surface area contributed by atoms with E-state index < -0.39 is 0 Å². The number of rotatable bonds is 4. The Bertz CT molecular complexity index is 1290. The first kappa shape index (κ1) is 18.0. The fourth-order valence-electron chi connectivity index (χ4n) is 3.52. The lowest BCUT2D eigenvalue weighted by atomic mass is 10.2. The van der Waals surface area contributed by atoms with Crippen molar-refractivity contribution in [2.24, 2.45) is 0 Å². The average molecular weight is 402 g/mol. The first-order valence-electron chi connectivity index (χ1n) is 9.52. The van der Waals surface area contributed by atoms with Gasteiger partial charge in [-0.25, -0.2) is 9.67 Å². The Morgan fingerprint density at radius 3 is 2.63 bits per heavy atom. The molecule has 30 heavy (non-hydrogen) atoms. The molecule has 3 heterocycles. The molecule has 1 aliphatic rings. The Balaban J connectivity index is 1.49. The van der Waals surface area contributed by atoms with Gasteiger partial charge < -0.3 is 14.8 Å². The van der Waals surface area contributed by atoms with E-state index in [2.05, 4.69) is 10.3 Å². The molecule has 0 saturated carbocycles. The number of hydrogen-bond acceptors (Lipinski definition) is 5. The van der Waals surface area contributed by atoms with E-state index in [4.69, 9.17) is 9.47 Å². The lowest BCUT2D eigenvalue weighted by Gasteiger charge is -2.19. The van der Waals surface area contributed by atoms with Gasteiger partial charge in [-0.05, 0) is 36.4 Å². The number of amides is 1. The number of aromatic nitrogens is 3. The highest BCUT2D eigenvalue weighted by Gasteiger charge is 2.18. The quantitative estimate of drug-likeness (QED) is 0.567. The maximum Gasteiger partial charge on any atom is 0.280 e. The van der Waals surface area contributed by atoms with Crippen molar-refractivity contribution in [1.29, 1.82) is 0 Å². The number of benzene rings is 2. The number of fused-ring (bicyclic) bond motifs is 2. The van der Waals surface area contributed by atoms with Crippen molar-refractivity contribution in [3.05, 3.63) is 77.2 Å². The summed E-state index contributed by atoms with van der Waals surface area (Å²) in [6.07, 6.45) is 1.60. The molecule has 0 saturated heterocycles. The normalized spacial score (nSPS) is 12.7. The molecule has 2 aromatic heterocycles. The van der Waals surface area contributed by atoms with E-state index in [1.54, 1.807) is 41.2 Å². The van der Waals surface area contributed by atoms with Crippen molar-refractivity contribution in [1.82, 2.24) is 14.3 Å². The molecule has 150 valence electrons. The first-order valence-corrected chi connectivity index (χ1v) is 9.52. The van der Waals surface area contributed by atoms with Crippen LogP contribution in [0.3, 0.4) is 0 Å². The molecule has 1 N–H and O–H groups in total. The van der Waals surface area contributed by atoms with Crippen LogP contribution in [0.15, 0.2) is 71.7 Å². The standard InChI is InChI=1S/C22H18N4O4/c27-20(24-15-8-9-18-19(13-15)30-12-11-29-18)14-25-21-17(7-4-10-23-21)22(28)26(25)16-5-2-1-3-6-16/h1-10,13H,11-12,14H2,(H,24,27). The molecule has 1 amide bonds. The number of hydrogen-bond donors (Lipinski definition) is 1. The molecule has 2 aromatic carbocycles. The minimum Gasteiger partial charge on any atom is -0.486 e. The van der Waals surface area contributed by atoms with E-state index in [0.717, 1.165) is 0 Å². The van der Waals surface area contributed by atoms with Crippen LogP contribution >= 0.6 is 0 Å². The molecule has 5 rings (SSSR count). The van der Waals surface area contributed by atoms with Crippen LogP contribution in [0.1, 0.15) is 0 Å². The fourth-order valence-corrected chi connectivity index (χ4v) is 3.52. The molecular formula is C22H18N4O4. The Kier molecular flexibility index (Phi) is 4.44. The van der Waals surface area contributed by atoms with Crippen molar-refractivity contribution < 1.29 is 14.3 Å². The average Bonchev–Trinajstić information content (AvgIpc) is 3.06. The van der Waals surface area contributed by atoms with Crippen molar-refractivity contribution in [2.75, 3.05) is 18.5 Å². The number of pyridine rings is 1. The number of para-hydroxylation sites is 1. The van der Waals surface area contributed by atoms with Crippen molar-refractivity contribution in [3.63, 3.8) is 0 Å². The van der Waals surface area contributed by atoms with Gasteiger partial charge in [0.25, 0.3) is 5.56 Å². The molecule has 4 aromatic rings. The van der Waals surface area contributed by atoms with Gasteiger partial charge in [-0.1, -0.05) is 18.2 Å². The second kappa shape index (κ2) is 7.40. The van der Waals surface area contributed by atoms with Crippen LogP contribution in [-0.4, -0.2) is 33.5 Å². The molecule has 0 atom stereocenters. The number of carbonyl (C=O) groups excluding carboxylic acids is 1. The zero-order valence-corrected chi connectivity index (χ0v) is 15.9. The minimum atomic E-state index is -0.293. The highest BCUT2D eigenvalue weighted by atomic mass is 16.6. The summed E-state index contributed by atoms with van der Waals surface area (Å²) in [7, 11) is 0. The van der Waals surface area contributed by atoms with E-state index >= 15 is 0 Å². The van der Waals surface area contributed by atoms with E-state index in [0.29, 0.717) is 47.1 Å². The number of nitrogens with zero attached hydrogens (tertiary/aromatic N) is 3. The van der Waals surface area contributed by atoms with Gasteiger partial charge in [0, 0.05) is 18.0 Å². The molecule has 0 bridgehead atoms. The third kappa shape index (κ3) is 3.18. The summed E-state index contributed by atoms with van der Waals surface area (Å²) in [5, 5.41) is 3.31. The van der Waals surface area contributed by atoms with E-state index in [9.17, 15) is 9.59 Å². The molecule has 0 aliphatic carbocycles. The zero-order chi connectivity index (χ0) is 20.5. The van der Waals surface area contributed by atoms with Gasteiger partial charge in [0.05, 0.1) is 11.1 Å². The summed E-state index contributed by atoms with van der Waals surface area (Å²) in [5.41, 5.74) is 1.47. The van der Waals surface area contributed by atoms with Gasteiger partial charge in [0.1, 0.15) is 19.8 Å². The van der Waals surface area contributed by atoms with Crippen molar-refractivity contribution >= 4 is 22.6 Å². The van der Waals surface area contributed by atoms with Crippen LogP contribution in [0.25, 0.3) is 16.7 Å². The van der Waals surface area contributed by atoms with Crippen LogP contribution < -0.4 is 20.3 Å². The Hall–Kier alpha value is -4.07. The second-order valence-corrected chi connectivity index (χ2v) is 6.79. The number of anilines is 1. The second-order valence-electron chi connectivity index (χ2n) is 6.79. The van der Waals surface area contributed by atoms with Crippen molar-refractivity contribution in [3.8, 4) is 17.2 Å². The maximum atomic E-state index is 13.0. The topological polar surface area (TPSA) is 87.4 Å². The third-order valence-corrected chi connectivity index (χ3v) is 4.82. The van der Waals surface area contributed by atoms with E-state index in [1.807, 2.05) is 30.3 Å². The predicted molar refractivity (Wildman–Crippen MR) is 111 cm³/mol. The predicted octanol–water partition coefficient (Wildman–Crippen LogP) is 2.60. The summed E-state index contributed by atoms with van der Waals surface area (Å²) in [6.45, 7) is 0.886. The van der Waals surface area contributed by atoms with Crippen LogP contribution in [0.2, 0.25) is 0 Å². The lowest BCUT2D eigenvalue weighted by molar-refractivity contribution is -0.116. The molecule has 0 fully saturated rings. The van der Waals surface area contributed by atoms with Gasteiger partial charge in [-0.3, -0.25) is 14.3 Å². The van der Waals surface area contributed by atoms with Gasteiger partial charge in [-0.15, -0.1) is 0 Å². The number of carbonyl (C=O) groups is 1. The maximum absolute atomic E-state index is 13.0. The van der Waals surface area contributed by atoms with Crippen LogP contribution in [0.4, 0.5) is 5.69 Å². The van der Waals surface area contributed by atoms with E-state index in [1.165, 1.54) is 4.68 Å². The molecule has 1 aliphatic heterocycles. The zero-order valence-electron chi connectivity index (χ0n) is 15.9. The van der Waals surface area contributed by atoms with Crippen molar-refractivity contribution in [2.45, 2.75) is 6.54 Å². The van der Waals surface area contributed by atoms with Crippen LogP contribution in [0.5, 0.6) is 11.5 Å². The monoisotopic (exact) mass is 402 g/mol. The highest BCUT2D eigenvalue weighted by molar-refractivity contribution is 5.91. The van der Waals surface area contributed by atoms with E-state index in [-0.39, 0.29) is 18.0 Å². The molecule has 0 spiro atoms. The summed E-state index contributed by atoms with van der Waals surface area (Å²) < 4.78 is 14.1. The lowest BCUT2D eigenvalue weighted by Crippen LogP contribution is -2.27. The minimum absolute atomic E-state index is 0.0842. The van der Waals surface area contributed by atoms with Crippen LogP contribution in [0, 0.1) is 0 Å². The van der Waals surface area contributed by atoms with Gasteiger partial charge in [-0.2, -0.15) is 0 Å². The fraction of sp³-hybridized carbons (Fsp3) is 0.136. The SMILES string of the molecule is O=C(Cn1c2ncccc2c(=O)n1-c1ccccc1)Nc1ccc2c(c1)OCCO2. The van der Waals surface area contributed by atoms with Gasteiger partial charge in [0.15, 0.2) is 17.1 Å². The molecule has 0 unspecified atom stereocenters. The molecule has 0 radical (unpaired) electrons. The Morgan fingerprint density at radius 2 is 1.80 bits per heavy atom. The largest absolute Gasteiger partial charge is 0.486 e. The molecular weight excluding hydrogens is 384 g/mol. The highest BCUT2D eigenvalue weighted by Crippen LogP contribution is 2.32. The third-order valence-electron chi connectivity index (χ3n) is 4.82. The first-order chi connectivity index (χ1) is 14.7. The smallest absolute Gasteiger partial charge is 0.280 e. The molecule has 8 heteroatoms. The number of ether oxygens (including phenoxy) is 2. The Labute approximate surface area is 171 Å². The van der Waals surface area contributed by atoms with Gasteiger partial charge >= 0.3 is 0 Å². The summed E-state index contributed by atoms with van der Waals surface area (Å²) in [4.78, 5) is 30.2. The summed E-state index contributed by atoms with van der Waals surface area (Å²) >= 11 is 0. The summed E-state index contributed by atoms with van der Waals surface area (Å²) in [5.74, 6) is 0.949.